The van der Waals surface area contributed by atoms with Gasteiger partial charge in [0.15, 0.2) is 5.15 Å². The minimum Gasteiger partial charge on any atom is -0.376 e. The van der Waals surface area contributed by atoms with E-state index < -0.39 is 0 Å². The maximum atomic E-state index is 13.7. The summed E-state index contributed by atoms with van der Waals surface area (Å²) in [6.07, 6.45) is 2.38. The standard InChI is InChI=1S/C14H14ClFN2/c1-2-12(10-6-3-4-7-11(10)16)18-13-8-5-9-17-14(13)15/h3-9,12,18H,2H2,1H3. The van der Waals surface area contributed by atoms with Crippen molar-refractivity contribution < 1.29 is 4.39 Å². The zero-order chi connectivity index (χ0) is 13.0. The Hall–Kier alpha value is -1.61. The molecule has 1 aromatic carbocycles. The first-order chi connectivity index (χ1) is 8.72. The fraction of sp³-hybridized carbons (Fsp3) is 0.214. The van der Waals surface area contributed by atoms with Crippen LogP contribution in [-0.4, -0.2) is 4.98 Å². The number of benzene rings is 1. The van der Waals surface area contributed by atoms with E-state index in [2.05, 4.69) is 10.3 Å². The Balaban J connectivity index is 2.26. The van der Waals surface area contributed by atoms with Gasteiger partial charge in [0.1, 0.15) is 5.82 Å². The van der Waals surface area contributed by atoms with Crippen molar-refractivity contribution in [3.05, 3.63) is 59.1 Å². The van der Waals surface area contributed by atoms with Crippen LogP contribution in [0.4, 0.5) is 10.1 Å². The van der Waals surface area contributed by atoms with Gasteiger partial charge in [0, 0.05) is 11.8 Å². The molecule has 0 fully saturated rings. The largest absolute Gasteiger partial charge is 0.376 e. The number of nitrogens with zero attached hydrogens (tertiary/aromatic N) is 1. The summed E-state index contributed by atoms with van der Waals surface area (Å²) < 4.78 is 13.7. The SMILES string of the molecule is CCC(Nc1cccnc1Cl)c1ccccc1F. The first-order valence-corrected chi connectivity index (χ1v) is 6.21. The van der Waals surface area contributed by atoms with Crippen molar-refractivity contribution in [3.63, 3.8) is 0 Å². The van der Waals surface area contributed by atoms with E-state index in [1.165, 1.54) is 6.07 Å². The third kappa shape index (κ3) is 2.79. The quantitative estimate of drug-likeness (QED) is 0.826. The van der Waals surface area contributed by atoms with E-state index in [1.807, 2.05) is 19.1 Å². The van der Waals surface area contributed by atoms with Gasteiger partial charge < -0.3 is 5.32 Å². The Labute approximate surface area is 111 Å². The average molecular weight is 265 g/mol. The lowest BCUT2D eigenvalue weighted by Crippen LogP contribution is -2.11. The zero-order valence-electron chi connectivity index (χ0n) is 10.0. The second-order valence-electron chi connectivity index (χ2n) is 3.97. The lowest BCUT2D eigenvalue weighted by atomic mass is 10.0. The molecule has 0 spiro atoms. The molecular weight excluding hydrogens is 251 g/mol. The van der Waals surface area contributed by atoms with Crippen LogP contribution in [0.1, 0.15) is 24.9 Å². The van der Waals surface area contributed by atoms with E-state index in [9.17, 15) is 4.39 Å². The second kappa shape index (κ2) is 5.83. The molecule has 0 bridgehead atoms. The molecule has 1 unspecified atom stereocenters. The van der Waals surface area contributed by atoms with Crippen LogP contribution in [0, 0.1) is 5.82 Å². The number of hydrogen-bond acceptors (Lipinski definition) is 2. The van der Waals surface area contributed by atoms with Gasteiger partial charge >= 0.3 is 0 Å². The first kappa shape index (κ1) is 12.8. The molecule has 1 aromatic heterocycles. The summed E-state index contributed by atoms with van der Waals surface area (Å²) in [5.74, 6) is -0.211. The summed E-state index contributed by atoms with van der Waals surface area (Å²) in [6.45, 7) is 1.99. The number of halogens is 2. The Kier molecular flexibility index (Phi) is 4.15. The smallest absolute Gasteiger partial charge is 0.152 e. The average Bonchev–Trinajstić information content (AvgIpc) is 2.39. The highest BCUT2D eigenvalue weighted by Crippen LogP contribution is 2.27. The molecule has 2 aromatic rings. The second-order valence-corrected chi connectivity index (χ2v) is 4.33. The van der Waals surface area contributed by atoms with Crippen molar-refractivity contribution in [2.45, 2.75) is 19.4 Å². The van der Waals surface area contributed by atoms with Gasteiger partial charge in [0.2, 0.25) is 0 Å². The molecule has 1 atom stereocenters. The molecule has 0 radical (unpaired) electrons. The molecule has 18 heavy (non-hydrogen) atoms. The predicted octanol–water partition coefficient (Wildman–Crippen LogP) is 4.44. The summed E-state index contributed by atoms with van der Waals surface area (Å²) in [5.41, 5.74) is 1.36. The molecule has 2 nitrogen and oxygen atoms in total. The molecule has 0 saturated heterocycles. The number of anilines is 1. The van der Waals surface area contributed by atoms with Gasteiger partial charge in [-0.2, -0.15) is 0 Å². The van der Waals surface area contributed by atoms with Gasteiger partial charge in [-0.05, 0) is 24.6 Å². The summed E-state index contributed by atoms with van der Waals surface area (Å²) in [5, 5.41) is 3.62. The molecule has 0 aliphatic rings. The number of rotatable bonds is 4. The Morgan fingerprint density at radius 2 is 2.06 bits per heavy atom. The predicted molar refractivity (Wildman–Crippen MR) is 72.3 cm³/mol. The molecule has 1 heterocycles. The normalized spacial score (nSPS) is 12.2. The molecule has 4 heteroatoms. The Bertz CT molecular complexity index is 531. The Morgan fingerprint density at radius 1 is 1.28 bits per heavy atom. The van der Waals surface area contributed by atoms with Gasteiger partial charge in [-0.15, -0.1) is 0 Å². The highest BCUT2D eigenvalue weighted by atomic mass is 35.5. The van der Waals surface area contributed by atoms with Crippen molar-refractivity contribution in [1.29, 1.82) is 0 Å². The van der Waals surface area contributed by atoms with Gasteiger partial charge in [0.25, 0.3) is 0 Å². The van der Waals surface area contributed by atoms with Crippen LogP contribution in [0.2, 0.25) is 5.15 Å². The van der Waals surface area contributed by atoms with Crippen LogP contribution >= 0.6 is 11.6 Å². The van der Waals surface area contributed by atoms with E-state index in [0.717, 1.165) is 6.42 Å². The van der Waals surface area contributed by atoms with E-state index >= 15 is 0 Å². The van der Waals surface area contributed by atoms with E-state index in [0.29, 0.717) is 16.4 Å². The van der Waals surface area contributed by atoms with Crippen LogP contribution in [-0.2, 0) is 0 Å². The molecule has 0 aliphatic heterocycles. The van der Waals surface area contributed by atoms with Crippen LogP contribution in [0.15, 0.2) is 42.6 Å². The van der Waals surface area contributed by atoms with Crippen molar-refractivity contribution in [3.8, 4) is 0 Å². The summed E-state index contributed by atoms with van der Waals surface area (Å²) in [7, 11) is 0. The van der Waals surface area contributed by atoms with Crippen molar-refractivity contribution in [2.24, 2.45) is 0 Å². The molecule has 1 N–H and O–H groups in total. The fourth-order valence-corrected chi connectivity index (χ4v) is 2.01. The maximum Gasteiger partial charge on any atom is 0.152 e. The fourth-order valence-electron chi connectivity index (χ4n) is 1.84. The summed E-state index contributed by atoms with van der Waals surface area (Å²) in [6, 6.07) is 10.3. The molecule has 0 saturated carbocycles. The van der Waals surface area contributed by atoms with Crippen molar-refractivity contribution in [1.82, 2.24) is 4.98 Å². The maximum absolute atomic E-state index is 13.7. The summed E-state index contributed by atoms with van der Waals surface area (Å²) in [4.78, 5) is 3.99. The van der Waals surface area contributed by atoms with Crippen LogP contribution < -0.4 is 5.32 Å². The minimum atomic E-state index is -0.211. The van der Waals surface area contributed by atoms with Crippen molar-refractivity contribution >= 4 is 17.3 Å². The van der Waals surface area contributed by atoms with Crippen molar-refractivity contribution in [2.75, 3.05) is 5.32 Å². The molecular formula is C14H14ClFN2. The molecule has 0 amide bonds. The van der Waals surface area contributed by atoms with Gasteiger partial charge in [-0.1, -0.05) is 36.7 Å². The highest BCUT2D eigenvalue weighted by Gasteiger charge is 2.14. The van der Waals surface area contributed by atoms with Gasteiger partial charge in [0.05, 0.1) is 11.7 Å². The third-order valence-corrected chi connectivity index (χ3v) is 3.08. The van der Waals surface area contributed by atoms with Crippen LogP contribution in [0.25, 0.3) is 0 Å². The summed E-state index contributed by atoms with van der Waals surface area (Å²) >= 11 is 5.99. The lowest BCUT2D eigenvalue weighted by molar-refractivity contribution is 0.587. The topological polar surface area (TPSA) is 24.9 Å². The van der Waals surface area contributed by atoms with Gasteiger partial charge in [-0.3, -0.25) is 0 Å². The Morgan fingerprint density at radius 3 is 2.72 bits per heavy atom. The highest BCUT2D eigenvalue weighted by molar-refractivity contribution is 6.31. The van der Waals surface area contributed by atoms with Crippen LogP contribution in [0.5, 0.6) is 0 Å². The van der Waals surface area contributed by atoms with E-state index in [4.69, 9.17) is 11.6 Å². The monoisotopic (exact) mass is 264 g/mol. The number of pyridine rings is 1. The number of aromatic nitrogens is 1. The third-order valence-electron chi connectivity index (χ3n) is 2.78. The number of hydrogen-bond donors (Lipinski definition) is 1. The molecule has 0 aliphatic carbocycles. The minimum absolute atomic E-state index is 0.118. The lowest BCUT2D eigenvalue weighted by Gasteiger charge is -2.19. The number of nitrogens with one attached hydrogen (secondary N) is 1. The van der Waals surface area contributed by atoms with E-state index in [-0.39, 0.29) is 11.9 Å². The van der Waals surface area contributed by atoms with Gasteiger partial charge in [-0.25, -0.2) is 9.37 Å². The van der Waals surface area contributed by atoms with E-state index in [1.54, 1.807) is 24.4 Å². The molecule has 94 valence electrons. The molecule has 2 rings (SSSR count). The van der Waals surface area contributed by atoms with Crippen LogP contribution in [0.3, 0.4) is 0 Å². The zero-order valence-corrected chi connectivity index (χ0v) is 10.8. The first-order valence-electron chi connectivity index (χ1n) is 5.84.